The zero-order valence-corrected chi connectivity index (χ0v) is 14.2. The highest BCUT2D eigenvalue weighted by atomic mass is 79.9. The Morgan fingerprint density at radius 3 is 2.74 bits per heavy atom. The van der Waals surface area contributed by atoms with Gasteiger partial charge in [-0.2, -0.15) is 4.98 Å². The van der Waals surface area contributed by atoms with Crippen molar-refractivity contribution < 1.29 is 9.26 Å². The van der Waals surface area contributed by atoms with Crippen LogP contribution in [0.15, 0.2) is 57.5 Å². The molecule has 1 aromatic heterocycles. The van der Waals surface area contributed by atoms with Crippen LogP contribution in [0.25, 0.3) is 11.4 Å². The van der Waals surface area contributed by atoms with Gasteiger partial charge in [0.1, 0.15) is 5.75 Å². The normalized spacial score (nSPS) is 10.5. The van der Waals surface area contributed by atoms with Gasteiger partial charge in [0, 0.05) is 10.2 Å². The van der Waals surface area contributed by atoms with Crippen molar-refractivity contribution in [1.82, 2.24) is 10.1 Å². The Bertz CT molecular complexity index is 789. The Kier molecular flexibility index (Phi) is 4.92. The average molecular weight is 374 g/mol. The SMILES string of the molecule is CCOc1ccccc1-c1noc(CNc2ccccc2Br)n1. The van der Waals surface area contributed by atoms with Gasteiger partial charge in [0.2, 0.25) is 11.7 Å². The summed E-state index contributed by atoms with van der Waals surface area (Å²) in [6, 6.07) is 15.5. The highest BCUT2D eigenvalue weighted by Gasteiger charge is 2.13. The van der Waals surface area contributed by atoms with Gasteiger partial charge in [0.15, 0.2) is 0 Å². The Morgan fingerprint density at radius 1 is 1.13 bits per heavy atom. The lowest BCUT2D eigenvalue weighted by atomic mass is 10.2. The van der Waals surface area contributed by atoms with Gasteiger partial charge in [-0.3, -0.25) is 0 Å². The summed E-state index contributed by atoms with van der Waals surface area (Å²) in [7, 11) is 0. The Labute approximate surface area is 142 Å². The molecule has 5 nitrogen and oxygen atoms in total. The summed E-state index contributed by atoms with van der Waals surface area (Å²) >= 11 is 3.49. The number of para-hydroxylation sites is 2. The first-order chi connectivity index (χ1) is 11.3. The molecule has 118 valence electrons. The van der Waals surface area contributed by atoms with Crippen molar-refractivity contribution in [2.45, 2.75) is 13.5 Å². The van der Waals surface area contributed by atoms with Crippen molar-refractivity contribution in [1.29, 1.82) is 0 Å². The minimum Gasteiger partial charge on any atom is -0.493 e. The number of hydrogen-bond acceptors (Lipinski definition) is 5. The van der Waals surface area contributed by atoms with Crippen LogP contribution in [0, 0.1) is 0 Å². The van der Waals surface area contributed by atoms with Crippen molar-refractivity contribution >= 4 is 21.6 Å². The fraction of sp³-hybridized carbons (Fsp3) is 0.176. The molecule has 0 radical (unpaired) electrons. The Morgan fingerprint density at radius 2 is 1.91 bits per heavy atom. The first-order valence-electron chi connectivity index (χ1n) is 7.31. The molecule has 1 heterocycles. The van der Waals surface area contributed by atoms with Crippen LogP contribution >= 0.6 is 15.9 Å². The van der Waals surface area contributed by atoms with E-state index in [-0.39, 0.29) is 0 Å². The minimum atomic E-state index is 0.451. The second-order valence-corrected chi connectivity index (χ2v) is 5.63. The molecule has 0 amide bonds. The molecule has 3 aromatic rings. The van der Waals surface area contributed by atoms with Crippen LogP contribution in [0.5, 0.6) is 5.75 Å². The van der Waals surface area contributed by atoms with Crippen LogP contribution in [0.4, 0.5) is 5.69 Å². The first kappa shape index (κ1) is 15.6. The zero-order chi connectivity index (χ0) is 16.1. The van der Waals surface area contributed by atoms with Gasteiger partial charge < -0.3 is 14.6 Å². The first-order valence-corrected chi connectivity index (χ1v) is 8.10. The molecule has 2 aromatic carbocycles. The smallest absolute Gasteiger partial charge is 0.246 e. The van der Waals surface area contributed by atoms with Gasteiger partial charge >= 0.3 is 0 Å². The lowest BCUT2D eigenvalue weighted by Gasteiger charge is -2.06. The highest BCUT2D eigenvalue weighted by Crippen LogP contribution is 2.28. The second kappa shape index (κ2) is 7.28. The maximum Gasteiger partial charge on any atom is 0.246 e. The lowest BCUT2D eigenvalue weighted by molar-refractivity contribution is 0.341. The third-order valence-corrected chi connectivity index (χ3v) is 3.89. The number of ether oxygens (including phenoxy) is 1. The number of hydrogen-bond donors (Lipinski definition) is 1. The summed E-state index contributed by atoms with van der Waals surface area (Å²) in [5.74, 6) is 1.79. The average Bonchev–Trinajstić information content (AvgIpc) is 3.04. The zero-order valence-electron chi connectivity index (χ0n) is 12.6. The van der Waals surface area contributed by atoms with Crippen molar-refractivity contribution in [2.24, 2.45) is 0 Å². The summed E-state index contributed by atoms with van der Waals surface area (Å²) in [5.41, 5.74) is 1.80. The lowest BCUT2D eigenvalue weighted by Crippen LogP contribution is -2.00. The van der Waals surface area contributed by atoms with E-state index < -0.39 is 0 Å². The Balaban J connectivity index is 1.75. The number of nitrogens with zero attached hydrogens (tertiary/aromatic N) is 2. The number of halogens is 1. The highest BCUT2D eigenvalue weighted by molar-refractivity contribution is 9.10. The molecule has 0 spiro atoms. The van der Waals surface area contributed by atoms with E-state index in [0.717, 1.165) is 21.5 Å². The number of benzene rings is 2. The number of anilines is 1. The fourth-order valence-electron chi connectivity index (χ4n) is 2.14. The molecular formula is C17H16BrN3O2. The summed E-state index contributed by atoms with van der Waals surface area (Å²) in [4.78, 5) is 4.43. The summed E-state index contributed by atoms with van der Waals surface area (Å²) < 4.78 is 11.9. The third kappa shape index (κ3) is 3.71. The van der Waals surface area contributed by atoms with Gasteiger partial charge in [-0.15, -0.1) is 0 Å². The molecule has 0 saturated carbocycles. The molecule has 3 rings (SSSR count). The standard InChI is InChI=1S/C17H16BrN3O2/c1-2-22-15-10-6-3-7-12(15)17-20-16(23-21-17)11-19-14-9-5-4-8-13(14)18/h3-10,19H,2,11H2,1H3. The van der Waals surface area contributed by atoms with Crippen LogP contribution in [-0.4, -0.2) is 16.7 Å². The van der Waals surface area contributed by atoms with Gasteiger partial charge in [-0.1, -0.05) is 29.4 Å². The van der Waals surface area contributed by atoms with E-state index >= 15 is 0 Å². The molecule has 0 saturated heterocycles. The molecular weight excluding hydrogens is 358 g/mol. The summed E-state index contributed by atoms with van der Waals surface area (Å²) in [5, 5.41) is 7.31. The predicted octanol–water partition coefficient (Wildman–Crippen LogP) is 4.51. The van der Waals surface area contributed by atoms with Crippen molar-refractivity contribution in [3.63, 3.8) is 0 Å². The van der Waals surface area contributed by atoms with E-state index in [1.54, 1.807) is 0 Å². The molecule has 0 atom stereocenters. The monoisotopic (exact) mass is 373 g/mol. The van der Waals surface area contributed by atoms with E-state index in [2.05, 4.69) is 31.4 Å². The van der Waals surface area contributed by atoms with Gasteiger partial charge in [-0.25, -0.2) is 0 Å². The molecule has 0 aliphatic heterocycles. The maximum absolute atomic E-state index is 5.60. The van der Waals surface area contributed by atoms with Crippen LogP contribution in [-0.2, 0) is 6.54 Å². The van der Waals surface area contributed by atoms with E-state index in [9.17, 15) is 0 Å². The number of aromatic nitrogens is 2. The summed E-state index contributed by atoms with van der Waals surface area (Å²) in [6.45, 7) is 2.98. The summed E-state index contributed by atoms with van der Waals surface area (Å²) in [6.07, 6.45) is 0. The predicted molar refractivity (Wildman–Crippen MR) is 92.4 cm³/mol. The van der Waals surface area contributed by atoms with Crippen molar-refractivity contribution in [3.8, 4) is 17.1 Å². The van der Waals surface area contributed by atoms with Crippen LogP contribution in [0.1, 0.15) is 12.8 Å². The van der Waals surface area contributed by atoms with Crippen LogP contribution in [0.2, 0.25) is 0 Å². The molecule has 1 N–H and O–H groups in total. The van der Waals surface area contributed by atoms with Crippen LogP contribution < -0.4 is 10.1 Å². The van der Waals surface area contributed by atoms with Gasteiger partial charge in [0.05, 0.1) is 18.7 Å². The largest absolute Gasteiger partial charge is 0.493 e. The van der Waals surface area contributed by atoms with E-state index in [1.807, 2.05) is 55.5 Å². The van der Waals surface area contributed by atoms with E-state index in [4.69, 9.17) is 9.26 Å². The van der Waals surface area contributed by atoms with Gasteiger partial charge in [-0.05, 0) is 47.1 Å². The van der Waals surface area contributed by atoms with E-state index in [0.29, 0.717) is 24.9 Å². The van der Waals surface area contributed by atoms with Gasteiger partial charge in [0.25, 0.3) is 0 Å². The topological polar surface area (TPSA) is 60.2 Å². The Hall–Kier alpha value is -2.34. The minimum absolute atomic E-state index is 0.451. The van der Waals surface area contributed by atoms with E-state index in [1.165, 1.54) is 0 Å². The van der Waals surface area contributed by atoms with Crippen molar-refractivity contribution in [2.75, 3.05) is 11.9 Å². The quantitative estimate of drug-likeness (QED) is 0.688. The molecule has 23 heavy (non-hydrogen) atoms. The molecule has 0 aliphatic rings. The molecule has 6 heteroatoms. The number of nitrogens with one attached hydrogen (secondary N) is 1. The second-order valence-electron chi connectivity index (χ2n) is 4.77. The fourth-order valence-corrected chi connectivity index (χ4v) is 2.57. The van der Waals surface area contributed by atoms with Crippen LogP contribution in [0.3, 0.4) is 0 Å². The number of rotatable bonds is 6. The third-order valence-electron chi connectivity index (χ3n) is 3.20. The van der Waals surface area contributed by atoms with Crippen molar-refractivity contribution in [3.05, 3.63) is 58.9 Å². The molecule has 0 unspecified atom stereocenters. The molecule has 0 aliphatic carbocycles. The molecule has 0 bridgehead atoms. The molecule has 0 fully saturated rings. The maximum atomic E-state index is 5.60.